The lowest BCUT2D eigenvalue weighted by Crippen LogP contribution is -2.25. The van der Waals surface area contributed by atoms with Gasteiger partial charge in [-0.05, 0) is 19.5 Å². The minimum Gasteiger partial charge on any atom is -0.351 e. The first-order valence-electron chi connectivity index (χ1n) is 9.09. The Morgan fingerprint density at radius 1 is 1.04 bits per heavy atom. The second-order valence-corrected chi connectivity index (χ2v) is 6.40. The fourth-order valence-electron chi connectivity index (χ4n) is 2.56. The molecular formula is C18H27N7O3. The molecule has 10 nitrogen and oxygen atoms in total. The number of aromatic nitrogens is 3. The molecule has 2 heterocycles. The predicted octanol–water partition coefficient (Wildman–Crippen LogP) is 0.699. The van der Waals surface area contributed by atoms with Crippen LogP contribution in [0.2, 0.25) is 0 Å². The molecule has 0 spiro atoms. The van der Waals surface area contributed by atoms with Crippen molar-refractivity contribution in [3.05, 3.63) is 30.0 Å². The van der Waals surface area contributed by atoms with Crippen LogP contribution in [0.25, 0.3) is 0 Å². The van der Waals surface area contributed by atoms with Crippen LogP contribution in [0.4, 0.5) is 11.5 Å². The molecule has 10 heteroatoms. The molecule has 2 aromatic rings. The van der Waals surface area contributed by atoms with E-state index in [-0.39, 0.29) is 17.6 Å². The SMILES string of the molecule is CCCNC(=O)c1cc(NC(=O)c2nc(NC(=O)CCNC)cn2C)cn1C. The van der Waals surface area contributed by atoms with Crippen LogP contribution in [-0.2, 0) is 18.9 Å². The van der Waals surface area contributed by atoms with E-state index >= 15 is 0 Å². The molecule has 3 amide bonds. The maximum absolute atomic E-state index is 12.5. The zero-order valence-electron chi connectivity index (χ0n) is 16.6. The fourth-order valence-corrected chi connectivity index (χ4v) is 2.56. The van der Waals surface area contributed by atoms with Gasteiger partial charge in [-0.2, -0.15) is 0 Å². The highest BCUT2D eigenvalue weighted by Crippen LogP contribution is 2.15. The maximum atomic E-state index is 12.5. The van der Waals surface area contributed by atoms with E-state index in [9.17, 15) is 14.4 Å². The molecule has 0 aliphatic carbocycles. The summed E-state index contributed by atoms with van der Waals surface area (Å²) in [5.74, 6) is -0.380. The van der Waals surface area contributed by atoms with Gasteiger partial charge in [0, 0.05) is 46.0 Å². The van der Waals surface area contributed by atoms with E-state index < -0.39 is 5.91 Å². The lowest BCUT2D eigenvalue weighted by Gasteiger charge is -2.03. The Morgan fingerprint density at radius 2 is 1.79 bits per heavy atom. The third-order valence-electron chi connectivity index (χ3n) is 3.98. The lowest BCUT2D eigenvalue weighted by molar-refractivity contribution is -0.116. The summed E-state index contributed by atoms with van der Waals surface area (Å²) in [6.45, 7) is 3.11. The molecule has 0 bridgehead atoms. The van der Waals surface area contributed by atoms with Crippen molar-refractivity contribution in [2.24, 2.45) is 14.1 Å². The van der Waals surface area contributed by atoms with E-state index in [1.165, 1.54) is 4.57 Å². The van der Waals surface area contributed by atoms with E-state index in [1.807, 2.05) is 6.92 Å². The number of anilines is 2. The first-order valence-corrected chi connectivity index (χ1v) is 9.09. The third kappa shape index (κ3) is 5.43. The van der Waals surface area contributed by atoms with E-state index in [2.05, 4.69) is 26.3 Å². The summed E-state index contributed by atoms with van der Waals surface area (Å²) < 4.78 is 3.17. The highest BCUT2D eigenvalue weighted by atomic mass is 16.2. The molecule has 0 saturated carbocycles. The molecule has 2 aromatic heterocycles. The zero-order chi connectivity index (χ0) is 20.7. The van der Waals surface area contributed by atoms with Gasteiger partial charge in [-0.25, -0.2) is 4.98 Å². The van der Waals surface area contributed by atoms with Crippen molar-refractivity contribution in [2.75, 3.05) is 30.8 Å². The molecule has 0 unspecified atom stereocenters. The smallest absolute Gasteiger partial charge is 0.291 e. The highest BCUT2D eigenvalue weighted by Gasteiger charge is 2.18. The van der Waals surface area contributed by atoms with E-state index in [1.54, 1.807) is 44.2 Å². The standard InChI is InChI=1S/C18H27N7O3/c1-5-7-20-17(27)13-9-12(10-24(13)3)21-18(28)16-23-14(11-25(16)4)22-15(26)6-8-19-2/h9-11,19H,5-8H2,1-4H3,(H,20,27)(H,21,28)(H,22,26). The van der Waals surface area contributed by atoms with Crippen molar-refractivity contribution in [2.45, 2.75) is 19.8 Å². The Bertz CT molecular complexity index is 853. The lowest BCUT2D eigenvalue weighted by atomic mass is 10.3. The average Bonchev–Trinajstić information content (AvgIpc) is 3.19. The molecule has 0 radical (unpaired) electrons. The topological polar surface area (TPSA) is 122 Å². The van der Waals surface area contributed by atoms with Gasteiger partial charge in [0.15, 0.2) is 5.82 Å². The van der Waals surface area contributed by atoms with Crippen molar-refractivity contribution >= 4 is 29.2 Å². The van der Waals surface area contributed by atoms with E-state index in [4.69, 9.17) is 0 Å². The normalized spacial score (nSPS) is 10.6. The monoisotopic (exact) mass is 389 g/mol. The highest BCUT2D eigenvalue weighted by molar-refractivity contribution is 6.03. The van der Waals surface area contributed by atoms with Gasteiger partial charge < -0.3 is 30.4 Å². The van der Waals surface area contributed by atoms with Crippen molar-refractivity contribution < 1.29 is 14.4 Å². The third-order valence-corrected chi connectivity index (χ3v) is 3.98. The number of carbonyl (C=O) groups is 3. The number of hydrogen-bond donors (Lipinski definition) is 4. The van der Waals surface area contributed by atoms with Crippen molar-refractivity contribution in [3.8, 4) is 0 Å². The van der Waals surface area contributed by atoms with Gasteiger partial charge >= 0.3 is 0 Å². The Kier molecular flexibility index (Phi) is 7.33. The summed E-state index contributed by atoms with van der Waals surface area (Å²) >= 11 is 0. The Balaban J connectivity index is 2.05. The fraction of sp³-hybridized carbons (Fsp3) is 0.444. The summed E-state index contributed by atoms with van der Waals surface area (Å²) in [5, 5.41) is 11.1. The van der Waals surface area contributed by atoms with E-state index in [0.29, 0.717) is 36.7 Å². The van der Waals surface area contributed by atoms with Crippen LogP contribution in [0.1, 0.15) is 40.9 Å². The number of aryl methyl sites for hydroxylation is 2. The largest absolute Gasteiger partial charge is 0.351 e. The van der Waals surface area contributed by atoms with Crippen LogP contribution >= 0.6 is 0 Å². The predicted molar refractivity (Wildman–Crippen MR) is 106 cm³/mol. The summed E-state index contributed by atoms with van der Waals surface area (Å²) in [6, 6.07) is 1.60. The second kappa shape index (κ2) is 9.70. The molecular weight excluding hydrogens is 362 g/mol. The van der Waals surface area contributed by atoms with Crippen LogP contribution in [-0.4, -0.2) is 52.0 Å². The molecule has 4 N–H and O–H groups in total. The minimum absolute atomic E-state index is 0.143. The number of nitrogens with one attached hydrogen (secondary N) is 4. The van der Waals surface area contributed by atoms with Crippen molar-refractivity contribution in [1.29, 1.82) is 0 Å². The van der Waals surface area contributed by atoms with Gasteiger partial charge in [0.05, 0.1) is 5.69 Å². The quantitative estimate of drug-likeness (QED) is 0.503. The zero-order valence-corrected chi connectivity index (χ0v) is 16.6. The van der Waals surface area contributed by atoms with Gasteiger partial charge in [-0.3, -0.25) is 14.4 Å². The first kappa shape index (κ1) is 21.2. The molecule has 0 aromatic carbocycles. The maximum Gasteiger partial charge on any atom is 0.291 e. The van der Waals surface area contributed by atoms with Crippen LogP contribution in [0.5, 0.6) is 0 Å². The van der Waals surface area contributed by atoms with E-state index in [0.717, 1.165) is 6.42 Å². The molecule has 0 fully saturated rings. The van der Waals surface area contributed by atoms with Gasteiger partial charge in [-0.1, -0.05) is 6.92 Å². The number of hydrogen-bond acceptors (Lipinski definition) is 5. The summed E-state index contributed by atoms with van der Waals surface area (Å²) in [6.07, 6.45) is 4.37. The van der Waals surface area contributed by atoms with Crippen molar-refractivity contribution in [1.82, 2.24) is 24.8 Å². The molecule has 0 aliphatic rings. The molecule has 0 saturated heterocycles. The first-order chi connectivity index (χ1) is 13.3. The van der Waals surface area contributed by atoms with Gasteiger partial charge in [-0.15, -0.1) is 0 Å². The number of nitrogens with zero attached hydrogens (tertiary/aromatic N) is 3. The van der Waals surface area contributed by atoms with Crippen LogP contribution < -0.4 is 21.3 Å². The molecule has 0 atom stereocenters. The van der Waals surface area contributed by atoms with Crippen LogP contribution in [0.15, 0.2) is 18.5 Å². The van der Waals surface area contributed by atoms with Crippen LogP contribution in [0.3, 0.4) is 0 Å². The Hall–Kier alpha value is -3.14. The molecule has 2 rings (SSSR count). The van der Waals surface area contributed by atoms with Crippen LogP contribution in [0, 0.1) is 0 Å². The van der Waals surface area contributed by atoms with Gasteiger partial charge in [0.25, 0.3) is 11.8 Å². The molecule has 152 valence electrons. The second-order valence-electron chi connectivity index (χ2n) is 6.40. The van der Waals surface area contributed by atoms with Crippen molar-refractivity contribution in [3.63, 3.8) is 0 Å². The summed E-state index contributed by atoms with van der Waals surface area (Å²) in [5.41, 5.74) is 0.929. The number of rotatable bonds is 9. The number of amides is 3. The molecule has 0 aliphatic heterocycles. The minimum atomic E-state index is -0.440. The summed E-state index contributed by atoms with van der Waals surface area (Å²) in [4.78, 5) is 40.6. The average molecular weight is 389 g/mol. The van der Waals surface area contributed by atoms with Gasteiger partial charge in [0.2, 0.25) is 11.7 Å². The summed E-state index contributed by atoms with van der Waals surface area (Å²) in [7, 11) is 5.16. The van der Waals surface area contributed by atoms with Gasteiger partial charge in [0.1, 0.15) is 5.69 Å². The molecule has 28 heavy (non-hydrogen) atoms. The Morgan fingerprint density at radius 3 is 2.46 bits per heavy atom. The Labute approximate surface area is 163 Å². The number of imidazole rings is 1. The number of carbonyl (C=O) groups excluding carboxylic acids is 3.